The third kappa shape index (κ3) is 9.27. The van der Waals surface area contributed by atoms with Crippen LogP contribution in [0, 0.1) is 0 Å². The molecular formula is C44H40Cl2N4O8. The van der Waals surface area contributed by atoms with E-state index in [9.17, 15) is 9.59 Å². The maximum atomic E-state index is 11.1. The molecule has 0 saturated carbocycles. The summed E-state index contributed by atoms with van der Waals surface area (Å²) in [6.07, 6.45) is 7.40. The summed E-state index contributed by atoms with van der Waals surface area (Å²) in [5, 5.41) is 19.1. The van der Waals surface area contributed by atoms with Crippen molar-refractivity contribution in [3.05, 3.63) is 106 Å². The summed E-state index contributed by atoms with van der Waals surface area (Å²) in [5.41, 5.74) is 8.77. The van der Waals surface area contributed by atoms with Gasteiger partial charge in [-0.25, -0.2) is 9.97 Å². The lowest BCUT2D eigenvalue weighted by Gasteiger charge is -2.14. The first kappa shape index (κ1) is 40.3. The molecule has 5 heterocycles. The summed E-state index contributed by atoms with van der Waals surface area (Å²) in [6.45, 7) is 0.594. The van der Waals surface area contributed by atoms with Gasteiger partial charge in [0.2, 0.25) is 0 Å². The number of aromatic nitrogens is 4. The molecule has 2 aliphatic heterocycles. The van der Waals surface area contributed by atoms with Crippen LogP contribution in [0.3, 0.4) is 0 Å². The number of carbonyl (C=O) groups is 2. The van der Waals surface area contributed by atoms with Gasteiger partial charge >= 0.3 is 11.9 Å². The average Bonchev–Trinajstić information content (AvgIpc) is 4.06. The molecule has 0 fully saturated rings. The smallest absolute Gasteiger partial charge is 0.305 e. The number of nitrogens with one attached hydrogen (secondary N) is 2. The van der Waals surface area contributed by atoms with Gasteiger partial charge in [0.25, 0.3) is 0 Å². The Morgan fingerprint density at radius 1 is 0.569 bits per heavy atom. The van der Waals surface area contributed by atoms with Crippen LogP contribution >= 0.6 is 23.2 Å². The molecule has 58 heavy (non-hydrogen) atoms. The minimum Gasteiger partial charge on any atom is -0.493 e. The summed E-state index contributed by atoms with van der Waals surface area (Å²) in [7, 11) is 2.99. The number of H-pyrrole nitrogens is 2. The zero-order valence-corrected chi connectivity index (χ0v) is 33.1. The fourth-order valence-electron chi connectivity index (χ4n) is 6.79. The third-order valence-corrected chi connectivity index (χ3v) is 10.6. The topological polar surface area (TPSA) is 169 Å². The molecule has 7 rings (SSSR count). The zero-order valence-electron chi connectivity index (χ0n) is 31.6. The van der Waals surface area contributed by atoms with Gasteiger partial charge in [-0.3, -0.25) is 9.59 Å². The van der Waals surface area contributed by atoms with Crippen molar-refractivity contribution in [1.82, 2.24) is 19.9 Å². The Kier molecular flexibility index (Phi) is 12.6. The molecule has 2 aliphatic rings. The molecule has 3 aromatic heterocycles. The lowest BCUT2D eigenvalue weighted by molar-refractivity contribution is -0.141. The van der Waals surface area contributed by atoms with Gasteiger partial charge < -0.3 is 39.1 Å². The molecule has 2 atom stereocenters. The van der Waals surface area contributed by atoms with Crippen molar-refractivity contribution < 1.29 is 38.7 Å². The number of hydrogen-bond donors (Lipinski definition) is 4. The number of aliphatic carboxylic acids is 2. The summed E-state index contributed by atoms with van der Waals surface area (Å²) in [5.74, 6) is -0.582. The van der Waals surface area contributed by atoms with E-state index in [0.29, 0.717) is 81.4 Å². The fourth-order valence-corrected chi connectivity index (χ4v) is 7.22. The number of carboxylic acid groups (broad SMARTS) is 2. The van der Waals surface area contributed by atoms with Gasteiger partial charge in [-0.1, -0.05) is 47.5 Å². The Bertz CT molecular complexity index is 2370. The summed E-state index contributed by atoms with van der Waals surface area (Å²) in [4.78, 5) is 39.2. The Balaban J connectivity index is 1.26. The van der Waals surface area contributed by atoms with Crippen molar-refractivity contribution in [2.45, 2.75) is 37.9 Å². The Hall–Kier alpha value is -5.92. The lowest BCUT2D eigenvalue weighted by atomic mass is 10.0. The molecule has 12 nitrogen and oxygen atoms in total. The molecule has 0 radical (unpaired) electrons. The van der Waals surface area contributed by atoms with Crippen LogP contribution in [-0.2, 0) is 19.1 Å². The van der Waals surface area contributed by atoms with E-state index in [-0.39, 0.29) is 12.8 Å². The van der Waals surface area contributed by atoms with Crippen molar-refractivity contribution in [2.75, 3.05) is 27.4 Å². The highest BCUT2D eigenvalue weighted by Gasteiger charge is 2.18. The molecule has 14 heteroatoms. The average molecular weight is 824 g/mol. The molecule has 298 valence electrons. The Morgan fingerprint density at radius 2 is 0.931 bits per heavy atom. The molecule has 5 aromatic rings. The Morgan fingerprint density at radius 3 is 1.29 bits per heavy atom. The normalized spacial score (nSPS) is 13.0. The van der Waals surface area contributed by atoms with Crippen LogP contribution in [0.4, 0.5) is 0 Å². The van der Waals surface area contributed by atoms with E-state index >= 15 is 0 Å². The van der Waals surface area contributed by atoms with E-state index in [1.807, 2.05) is 97.1 Å². The van der Waals surface area contributed by atoms with Crippen molar-refractivity contribution in [1.29, 1.82) is 0 Å². The number of rotatable bonds is 16. The molecular weight excluding hydrogens is 783 g/mol. The molecule has 2 aromatic carbocycles. The van der Waals surface area contributed by atoms with Gasteiger partial charge in [-0.05, 0) is 84.0 Å². The monoisotopic (exact) mass is 822 g/mol. The minimum absolute atomic E-state index is 0.0937. The number of carboxylic acids is 2. The van der Waals surface area contributed by atoms with E-state index in [1.54, 1.807) is 0 Å². The number of hydrogen-bond acceptors (Lipinski definition) is 8. The highest BCUT2D eigenvalue weighted by molar-refractivity contribution is 6.36. The van der Waals surface area contributed by atoms with Crippen molar-refractivity contribution in [3.8, 4) is 33.8 Å². The lowest BCUT2D eigenvalue weighted by Crippen LogP contribution is -2.18. The second kappa shape index (κ2) is 18.1. The van der Waals surface area contributed by atoms with Crippen LogP contribution in [0.5, 0.6) is 11.5 Å². The van der Waals surface area contributed by atoms with Gasteiger partial charge in [-0.15, -0.1) is 0 Å². The van der Waals surface area contributed by atoms with Crippen molar-refractivity contribution in [3.63, 3.8) is 0 Å². The maximum Gasteiger partial charge on any atom is 0.305 e. The summed E-state index contributed by atoms with van der Waals surface area (Å²) in [6, 6.07) is 22.9. The predicted molar refractivity (Wildman–Crippen MR) is 226 cm³/mol. The number of methoxy groups -OCH3 is 2. The predicted octanol–water partition coefficient (Wildman–Crippen LogP) is 9.81. The fraction of sp³-hybridized carbons (Fsp3) is 0.227. The molecule has 8 bridgehead atoms. The third-order valence-electron chi connectivity index (χ3n) is 9.80. The van der Waals surface area contributed by atoms with E-state index < -0.39 is 24.1 Å². The number of benzene rings is 2. The van der Waals surface area contributed by atoms with E-state index in [1.165, 1.54) is 14.2 Å². The van der Waals surface area contributed by atoms with Gasteiger partial charge in [0, 0.05) is 49.2 Å². The molecule has 0 aliphatic carbocycles. The summed E-state index contributed by atoms with van der Waals surface area (Å²) >= 11 is 14.1. The zero-order chi connectivity index (χ0) is 40.8. The van der Waals surface area contributed by atoms with Crippen LogP contribution in [-0.4, -0.2) is 81.7 Å². The van der Waals surface area contributed by atoms with Crippen LogP contribution in [0.25, 0.3) is 68.6 Å². The second-order valence-electron chi connectivity index (χ2n) is 13.6. The molecule has 4 N–H and O–H groups in total. The highest BCUT2D eigenvalue weighted by atomic mass is 35.5. The van der Waals surface area contributed by atoms with Gasteiger partial charge in [0.15, 0.2) is 0 Å². The SMILES string of the molecule is COC(CCOc1ccc(-c2c3nc(c(Cl)c4ccc([nH]4)c(-c4ccc(OCCC(CC(=O)O)OC)cc4)c4nc(c(Cl)c5ccc2[nH]5)C=C4)C=C3)cc1)CC(=O)O. The number of aromatic amines is 2. The van der Waals surface area contributed by atoms with Crippen molar-refractivity contribution >= 4 is 81.5 Å². The van der Waals surface area contributed by atoms with E-state index in [2.05, 4.69) is 9.97 Å². The molecule has 0 amide bonds. The van der Waals surface area contributed by atoms with Crippen LogP contribution in [0.1, 0.15) is 48.5 Å². The molecule has 2 unspecified atom stereocenters. The quantitative estimate of drug-likeness (QED) is 0.0736. The summed E-state index contributed by atoms with van der Waals surface area (Å²) < 4.78 is 22.4. The minimum atomic E-state index is -0.921. The van der Waals surface area contributed by atoms with Crippen LogP contribution in [0.15, 0.2) is 72.8 Å². The van der Waals surface area contributed by atoms with Crippen molar-refractivity contribution in [2.24, 2.45) is 0 Å². The first-order valence-electron chi connectivity index (χ1n) is 18.5. The van der Waals surface area contributed by atoms with Gasteiger partial charge in [0.1, 0.15) is 11.5 Å². The number of halogens is 2. The van der Waals surface area contributed by atoms with Crippen LogP contribution < -0.4 is 9.47 Å². The largest absolute Gasteiger partial charge is 0.493 e. The maximum absolute atomic E-state index is 11.1. The molecule has 0 saturated heterocycles. The second-order valence-corrected chi connectivity index (χ2v) is 14.4. The van der Waals surface area contributed by atoms with E-state index in [4.69, 9.17) is 62.3 Å². The van der Waals surface area contributed by atoms with Crippen LogP contribution in [0.2, 0.25) is 10.0 Å². The standard InChI is InChI=1S/C44H40Cl2N4O8/c1-55-29(23-39(51)52)19-21-57-27-7-3-25(4-8-27)41-31-11-15-35(47-31)43(45)37-17-13-33(49-37)42(34-14-18-38(50-34)44(46)36-16-12-32(41)48-36)26-5-9-28(10-6-26)58-22-20-30(56-2)24-40(53)54/h3-18,29-30,47,50H,19-24H2,1-2H3,(H,51,52)(H,53,54). The van der Waals surface area contributed by atoms with Gasteiger partial charge in [-0.2, -0.15) is 0 Å². The number of fused-ring (bicyclic) bond motifs is 8. The number of ether oxygens (including phenoxy) is 4. The van der Waals surface area contributed by atoms with E-state index in [0.717, 1.165) is 33.3 Å². The number of nitrogens with zero attached hydrogens (tertiary/aromatic N) is 2. The van der Waals surface area contributed by atoms with Gasteiger partial charge in [0.05, 0.1) is 82.1 Å². The highest BCUT2D eigenvalue weighted by Crippen LogP contribution is 2.36. The first-order chi connectivity index (χ1) is 28.1. The molecule has 0 spiro atoms. The first-order valence-corrected chi connectivity index (χ1v) is 19.3. The Labute approximate surface area is 343 Å².